The molecule has 0 aromatic rings. The van der Waals surface area contributed by atoms with Gasteiger partial charge in [-0.1, -0.05) is 19.6 Å². The molecule has 0 atom stereocenters. The van der Waals surface area contributed by atoms with E-state index < -0.39 is 8.07 Å². The summed E-state index contributed by atoms with van der Waals surface area (Å²) < 4.78 is 4.58. The molecule has 0 aliphatic carbocycles. The molecule has 0 unspecified atom stereocenters. The summed E-state index contributed by atoms with van der Waals surface area (Å²) in [6.45, 7) is 6.38. The van der Waals surface area contributed by atoms with Gasteiger partial charge in [-0.3, -0.25) is 0 Å². The second-order valence-corrected chi connectivity index (χ2v) is 8.07. The zero-order valence-corrected chi connectivity index (χ0v) is 7.43. The van der Waals surface area contributed by atoms with Gasteiger partial charge in [-0.25, -0.2) is 0 Å². The van der Waals surface area contributed by atoms with Gasteiger partial charge in [-0.05, 0) is 5.70 Å². The molecule has 0 aliphatic heterocycles. The fraction of sp³-hybridized carbons (Fsp3) is 0.667. The van der Waals surface area contributed by atoms with Crippen molar-refractivity contribution in [1.29, 1.82) is 0 Å². The maximum atomic E-state index is 8.87. The Morgan fingerprint density at radius 3 is 2.00 bits per heavy atom. The highest BCUT2D eigenvalue weighted by atomic mass is 28.3. The SMILES string of the molecule is CO/C(O)=C/[Si](C)(C)C. The Morgan fingerprint density at radius 1 is 1.44 bits per heavy atom. The van der Waals surface area contributed by atoms with Gasteiger partial charge in [-0.15, -0.1) is 0 Å². The zero-order valence-electron chi connectivity index (χ0n) is 6.43. The molecule has 0 amide bonds. The molecule has 0 aliphatic rings. The molecule has 2 nitrogen and oxygen atoms in total. The first-order valence-electron chi connectivity index (χ1n) is 2.91. The van der Waals surface area contributed by atoms with E-state index in [-0.39, 0.29) is 5.95 Å². The van der Waals surface area contributed by atoms with Crippen molar-refractivity contribution in [2.45, 2.75) is 19.6 Å². The van der Waals surface area contributed by atoms with Crippen LogP contribution in [-0.2, 0) is 4.74 Å². The van der Waals surface area contributed by atoms with Crippen LogP contribution in [0.15, 0.2) is 11.6 Å². The largest absolute Gasteiger partial charge is 0.482 e. The molecule has 0 aromatic heterocycles. The van der Waals surface area contributed by atoms with Crippen LogP contribution in [0.4, 0.5) is 0 Å². The van der Waals surface area contributed by atoms with Gasteiger partial charge in [0.15, 0.2) is 0 Å². The Bertz CT molecular complexity index is 113. The maximum absolute atomic E-state index is 8.87. The highest BCUT2D eigenvalue weighted by Gasteiger charge is 2.10. The second kappa shape index (κ2) is 2.92. The van der Waals surface area contributed by atoms with Crippen LogP contribution in [0.5, 0.6) is 0 Å². The summed E-state index contributed by atoms with van der Waals surface area (Å²) >= 11 is 0. The fourth-order valence-electron chi connectivity index (χ4n) is 0.429. The van der Waals surface area contributed by atoms with Crippen LogP contribution in [0.1, 0.15) is 0 Å². The van der Waals surface area contributed by atoms with Gasteiger partial charge in [0.1, 0.15) is 0 Å². The molecule has 0 spiro atoms. The highest BCUT2D eigenvalue weighted by Crippen LogP contribution is 2.04. The van der Waals surface area contributed by atoms with Gasteiger partial charge in [0.2, 0.25) is 0 Å². The molecule has 0 saturated carbocycles. The van der Waals surface area contributed by atoms with Crippen molar-refractivity contribution in [3.8, 4) is 0 Å². The van der Waals surface area contributed by atoms with E-state index in [0.29, 0.717) is 0 Å². The van der Waals surface area contributed by atoms with E-state index in [1.54, 1.807) is 5.70 Å². The van der Waals surface area contributed by atoms with Crippen LogP contribution in [-0.4, -0.2) is 20.3 Å². The number of hydrogen-bond acceptors (Lipinski definition) is 2. The van der Waals surface area contributed by atoms with Gasteiger partial charge in [-0.2, -0.15) is 0 Å². The number of aliphatic hydroxyl groups is 1. The van der Waals surface area contributed by atoms with E-state index in [9.17, 15) is 0 Å². The lowest BCUT2D eigenvalue weighted by molar-refractivity contribution is 0.137. The quantitative estimate of drug-likeness (QED) is 0.476. The van der Waals surface area contributed by atoms with Crippen molar-refractivity contribution in [1.82, 2.24) is 0 Å². The normalized spacial score (nSPS) is 13.6. The van der Waals surface area contributed by atoms with Crippen LogP contribution in [0.25, 0.3) is 0 Å². The lowest BCUT2D eigenvalue weighted by Gasteiger charge is -2.08. The summed E-state index contributed by atoms with van der Waals surface area (Å²) in [6.07, 6.45) is 0. The standard InChI is InChI=1S/C6H14O2Si/c1-8-6(7)5-9(2,3)4/h5,7H,1-4H3/b6-5+. The van der Waals surface area contributed by atoms with E-state index in [1.807, 2.05) is 0 Å². The van der Waals surface area contributed by atoms with E-state index in [2.05, 4.69) is 24.4 Å². The van der Waals surface area contributed by atoms with Crippen LogP contribution in [0, 0.1) is 0 Å². The third-order valence-corrected chi connectivity index (χ3v) is 1.88. The molecule has 0 bridgehead atoms. The Kier molecular flexibility index (Phi) is 2.77. The first-order chi connectivity index (χ1) is 3.95. The van der Waals surface area contributed by atoms with Crippen LogP contribution >= 0.6 is 0 Å². The van der Waals surface area contributed by atoms with E-state index >= 15 is 0 Å². The smallest absolute Gasteiger partial charge is 0.267 e. The lowest BCUT2D eigenvalue weighted by Crippen LogP contribution is -2.17. The topological polar surface area (TPSA) is 29.5 Å². The number of aliphatic hydroxyl groups excluding tert-OH is 1. The third kappa shape index (κ3) is 5.43. The molecular formula is C6H14O2Si. The average Bonchev–Trinajstić information content (AvgIpc) is 1.62. The minimum Gasteiger partial charge on any atom is -0.482 e. The maximum Gasteiger partial charge on any atom is 0.267 e. The van der Waals surface area contributed by atoms with Crippen molar-refractivity contribution < 1.29 is 9.84 Å². The lowest BCUT2D eigenvalue weighted by atomic mass is 11.0. The Morgan fingerprint density at radius 2 is 1.89 bits per heavy atom. The van der Waals surface area contributed by atoms with Crippen molar-refractivity contribution >= 4 is 8.07 Å². The number of ether oxygens (including phenoxy) is 1. The zero-order chi connectivity index (χ0) is 7.49. The van der Waals surface area contributed by atoms with E-state index in [4.69, 9.17) is 5.11 Å². The second-order valence-electron chi connectivity index (χ2n) is 3.05. The van der Waals surface area contributed by atoms with Gasteiger partial charge < -0.3 is 9.84 Å². The van der Waals surface area contributed by atoms with E-state index in [0.717, 1.165) is 0 Å². The molecule has 0 aromatic carbocycles. The van der Waals surface area contributed by atoms with Crippen molar-refractivity contribution in [3.63, 3.8) is 0 Å². The minimum absolute atomic E-state index is 0.0502. The molecule has 0 fully saturated rings. The Balaban J connectivity index is 3.95. The molecule has 1 N–H and O–H groups in total. The molecule has 0 rings (SSSR count). The van der Waals surface area contributed by atoms with Crippen molar-refractivity contribution in [2.24, 2.45) is 0 Å². The average molecular weight is 146 g/mol. The summed E-state index contributed by atoms with van der Waals surface area (Å²) in [5.74, 6) is 0.0502. The highest BCUT2D eigenvalue weighted by molar-refractivity contribution is 6.81. The van der Waals surface area contributed by atoms with Crippen LogP contribution in [0.3, 0.4) is 0 Å². The minimum atomic E-state index is -1.28. The Hall–Kier alpha value is -0.443. The molecular weight excluding hydrogens is 132 g/mol. The fourth-order valence-corrected chi connectivity index (χ4v) is 1.29. The first kappa shape index (κ1) is 8.56. The first-order valence-corrected chi connectivity index (χ1v) is 6.49. The number of rotatable bonds is 2. The molecule has 54 valence electrons. The summed E-state index contributed by atoms with van der Waals surface area (Å²) in [7, 11) is 0.186. The molecule has 0 radical (unpaired) electrons. The summed E-state index contributed by atoms with van der Waals surface area (Å²) in [5.41, 5.74) is 1.80. The van der Waals surface area contributed by atoms with Crippen LogP contribution < -0.4 is 0 Å². The number of methoxy groups -OCH3 is 1. The summed E-state index contributed by atoms with van der Waals surface area (Å²) in [5, 5.41) is 8.87. The molecule has 9 heavy (non-hydrogen) atoms. The van der Waals surface area contributed by atoms with Crippen molar-refractivity contribution in [3.05, 3.63) is 11.6 Å². The van der Waals surface area contributed by atoms with Gasteiger partial charge in [0, 0.05) is 0 Å². The van der Waals surface area contributed by atoms with Crippen molar-refractivity contribution in [2.75, 3.05) is 7.11 Å². The molecule has 0 saturated heterocycles. The molecule has 0 heterocycles. The van der Waals surface area contributed by atoms with E-state index in [1.165, 1.54) is 7.11 Å². The third-order valence-electron chi connectivity index (χ3n) is 0.766. The summed E-state index contributed by atoms with van der Waals surface area (Å²) in [6, 6.07) is 0. The molecule has 3 heteroatoms. The predicted molar refractivity (Wildman–Crippen MR) is 41.1 cm³/mol. The van der Waals surface area contributed by atoms with Gasteiger partial charge in [0.25, 0.3) is 5.95 Å². The monoisotopic (exact) mass is 146 g/mol. The van der Waals surface area contributed by atoms with Gasteiger partial charge in [0.05, 0.1) is 15.2 Å². The summed E-state index contributed by atoms with van der Waals surface area (Å²) in [4.78, 5) is 0. The van der Waals surface area contributed by atoms with Gasteiger partial charge >= 0.3 is 0 Å². The Labute approximate surface area is 57.2 Å². The number of hydrogen-bond donors (Lipinski definition) is 1. The van der Waals surface area contributed by atoms with Crippen LogP contribution in [0.2, 0.25) is 19.6 Å². The predicted octanol–water partition coefficient (Wildman–Crippen LogP) is 1.91.